The van der Waals surface area contributed by atoms with Crippen LogP contribution in [0.3, 0.4) is 0 Å². The lowest BCUT2D eigenvalue weighted by molar-refractivity contribution is -0.298. The first-order valence-corrected chi connectivity index (χ1v) is 9.80. The van der Waals surface area contributed by atoms with Crippen molar-refractivity contribution in [2.45, 2.75) is 50.3 Å². The molecule has 19 heavy (non-hydrogen) atoms. The van der Waals surface area contributed by atoms with Gasteiger partial charge in [-0.1, -0.05) is 0 Å². The van der Waals surface area contributed by atoms with Gasteiger partial charge in [0.25, 0.3) is 0 Å². The van der Waals surface area contributed by atoms with Crippen molar-refractivity contribution in [3.63, 3.8) is 0 Å². The average Bonchev–Trinajstić information content (AvgIpc) is 2.34. The summed E-state index contributed by atoms with van der Waals surface area (Å²) in [7, 11) is 3.01. The van der Waals surface area contributed by atoms with E-state index < -0.39 is 26.8 Å². The molecule has 0 aromatic carbocycles. The Hall–Kier alpha value is -0.0231. The second kappa shape index (κ2) is 7.12. The summed E-state index contributed by atoms with van der Waals surface area (Å²) < 4.78 is 27.4. The molecule has 0 spiro atoms. The predicted molar refractivity (Wildman–Crippen MR) is 72.6 cm³/mol. The molecule has 0 aromatic rings. The van der Waals surface area contributed by atoms with Crippen LogP contribution in [-0.2, 0) is 23.4 Å². The molecule has 1 fully saturated rings. The minimum Gasteiger partial charge on any atom is -0.415 e. The molecule has 1 aliphatic heterocycles. The monoisotopic (exact) mass is 294 g/mol. The van der Waals surface area contributed by atoms with E-state index in [1.807, 2.05) is 0 Å². The molecule has 7 heteroatoms. The summed E-state index contributed by atoms with van der Waals surface area (Å²) in [4.78, 5) is 0. The van der Waals surface area contributed by atoms with Crippen molar-refractivity contribution < 1.29 is 28.5 Å². The van der Waals surface area contributed by atoms with Gasteiger partial charge in [0.1, 0.15) is 24.4 Å². The van der Waals surface area contributed by atoms with Gasteiger partial charge in [-0.15, -0.1) is 0 Å². The minimum absolute atomic E-state index is 0.338. The molecule has 5 unspecified atom stereocenters. The van der Waals surface area contributed by atoms with Crippen LogP contribution in [0, 0.1) is 0 Å². The maximum atomic E-state index is 9.96. The summed E-state index contributed by atoms with van der Waals surface area (Å²) in [5.41, 5.74) is 0. The first-order valence-electron chi connectivity index (χ1n) is 6.40. The molecule has 6 nitrogen and oxygen atoms in total. The molecule has 0 saturated carbocycles. The van der Waals surface area contributed by atoms with Crippen molar-refractivity contribution in [1.29, 1.82) is 0 Å². The molecule has 1 saturated heterocycles. The molecule has 0 aromatic heterocycles. The Labute approximate surface area is 116 Å². The van der Waals surface area contributed by atoms with Crippen LogP contribution in [0.2, 0.25) is 19.6 Å². The summed E-state index contributed by atoms with van der Waals surface area (Å²) in [6.45, 7) is 6.67. The molecule has 0 bridgehead atoms. The van der Waals surface area contributed by atoms with Crippen LogP contribution in [0.5, 0.6) is 0 Å². The third-order valence-electron chi connectivity index (χ3n) is 3.11. The fraction of sp³-hybridized carbons (Fsp3) is 1.00. The fourth-order valence-corrected chi connectivity index (χ4v) is 2.83. The lowest BCUT2D eigenvalue weighted by Crippen LogP contribution is -2.61. The third-order valence-corrected chi connectivity index (χ3v) is 4.14. The van der Waals surface area contributed by atoms with Gasteiger partial charge in [0.05, 0.1) is 6.61 Å². The predicted octanol–water partition coefficient (Wildman–Crippen LogP) is 0.600. The van der Waals surface area contributed by atoms with Crippen LogP contribution in [-0.4, -0.2) is 72.1 Å². The van der Waals surface area contributed by atoms with E-state index in [1.165, 1.54) is 7.11 Å². The quantitative estimate of drug-likeness (QED) is 0.724. The Morgan fingerprint density at radius 1 is 0.947 bits per heavy atom. The van der Waals surface area contributed by atoms with Crippen LogP contribution in [0.15, 0.2) is 0 Å². The average molecular weight is 294 g/mol. The van der Waals surface area contributed by atoms with Crippen molar-refractivity contribution in [3.05, 3.63) is 0 Å². The lowest BCUT2D eigenvalue weighted by atomic mass is 9.99. The fourth-order valence-electron chi connectivity index (χ4n) is 2.17. The smallest absolute Gasteiger partial charge is 0.184 e. The molecular formula is C12H26O6Si. The zero-order valence-corrected chi connectivity index (χ0v) is 13.6. The van der Waals surface area contributed by atoms with E-state index >= 15 is 0 Å². The Morgan fingerprint density at radius 3 is 1.89 bits per heavy atom. The van der Waals surface area contributed by atoms with Gasteiger partial charge < -0.3 is 28.5 Å². The van der Waals surface area contributed by atoms with Gasteiger partial charge in [-0.25, -0.2) is 0 Å². The number of methoxy groups -OCH3 is 3. The highest BCUT2D eigenvalue weighted by molar-refractivity contribution is 6.69. The first-order chi connectivity index (χ1) is 8.84. The third kappa shape index (κ3) is 4.49. The Morgan fingerprint density at radius 2 is 1.47 bits per heavy atom. The summed E-state index contributed by atoms with van der Waals surface area (Å²) >= 11 is 0. The number of aliphatic hydroxyl groups is 1. The number of aliphatic hydroxyl groups excluding tert-OH is 1. The summed E-state index contributed by atoms with van der Waals surface area (Å²) in [6.07, 6.45) is -2.72. The molecule has 1 rings (SSSR count). The van der Waals surface area contributed by atoms with Crippen molar-refractivity contribution in [3.8, 4) is 0 Å². The normalized spacial score (nSPS) is 36.5. The standard InChI is InChI=1S/C12H26O6Si/c1-14-9-8(7-17-19(4,5)6)18-12(13)11(16-3)10(9)15-2/h8-13H,7H2,1-6H3. The van der Waals surface area contributed by atoms with Crippen LogP contribution in [0.4, 0.5) is 0 Å². The summed E-state index contributed by atoms with van der Waals surface area (Å²) in [6, 6.07) is 0. The molecule has 0 radical (unpaired) electrons. The number of rotatable bonds is 6. The van der Waals surface area contributed by atoms with Gasteiger partial charge in [0.15, 0.2) is 14.6 Å². The van der Waals surface area contributed by atoms with E-state index in [2.05, 4.69) is 19.6 Å². The molecule has 1 N–H and O–H groups in total. The molecule has 114 valence electrons. The van der Waals surface area contributed by atoms with E-state index in [0.717, 1.165) is 0 Å². The molecule has 0 amide bonds. The number of hydrogen-bond acceptors (Lipinski definition) is 6. The van der Waals surface area contributed by atoms with Crippen LogP contribution >= 0.6 is 0 Å². The van der Waals surface area contributed by atoms with Crippen molar-refractivity contribution >= 4 is 8.32 Å². The van der Waals surface area contributed by atoms with Crippen molar-refractivity contribution in [2.75, 3.05) is 27.9 Å². The van der Waals surface area contributed by atoms with Crippen LogP contribution in [0.1, 0.15) is 0 Å². The number of hydrogen-bond donors (Lipinski definition) is 1. The molecule has 5 atom stereocenters. The number of ether oxygens (including phenoxy) is 4. The zero-order chi connectivity index (χ0) is 14.6. The molecule has 1 aliphatic rings. The molecular weight excluding hydrogens is 268 g/mol. The second-order valence-electron chi connectivity index (χ2n) is 5.59. The van der Waals surface area contributed by atoms with Crippen molar-refractivity contribution in [2.24, 2.45) is 0 Å². The summed E-state index contributed by atoms with van der Waals surface area (Å²) in [5.74, 6) is 0. The van der Waals surface area contributed by atoms with E-state index in [4.69, 9.17) is 23.4 Å². The van der Waals surface area contributed by atoms with Crippen LogP contribution < -0.4 is 0 Å². The zero-order valence-electron chi connectivity index (χ0n) is 12.6. The highest BCUT2D eigenvalue weighted by atomic mass is 28.4. The maximum absolute atomic E-state index is 9.96. The van der Waals surface area contributed by atoms with E-state index in [-0.39, 0.29) is 12.2 Å². The topological polar surface area (TPSA) is 66.4 Å². The molecule has 1 heterocycles. The van der Waals surface area contributed by atoms with Gasteiger partial charge in [0.2, 0.25) is 0 Å². The van der Waals surface area contributed by atoms with Crippen molar-refractivity contribution in [1.82, 2.24) is 0 Å². The summed E-state index contributed by atoms with van der Waals surface area (Å²) in [5, 5.41) is 9.96. The van der Waals surface area contributed by atoms with Gasteiger partial charge in [-0.05, 0) is 19.6 Å². The lowest BCUT2D eigenvalue weighted by Gasteiger charge is -2.43. The largest absolute Gasteiger partial charge is 0.415 e. The van der Waals surface area contributed by atoms with Gasteiger partial charge in [0, 0.05) is 21.3 Å². The highest BCUT2D eigenvalue weighted by Crippen LogP contribution is 2.26. The Balaban J connectivity index is 2.75. The van der Waals surface area contributed by atoms with E-state index in [0.29, 0.717) is 6.61 Å². The van der Waals surface area contributed by atoms with Gasteiger partial charge >= 0.3 is 0 Å². The van der Waals surface area contributed by atoms with E-state index in [1.54, 1.807) is 14.2 Å². The van der Waals surface area contributed by atoms with Crippen LogP contribution in [0.25, 0.3) is 0 Å². The maximum Gasteiger partial charge on any atom is 0.184 e. The second-order valence-corrected chi connectivity index (χ2v) is 10.1. The SMILES string of the molecule is COC1C(O)OC(CO[Si](C)(C)C)C(OC)C1OC. The van der Waals surface area contributed by atoms with E-state index in [9.17, 15) is 5.11 Å². The molecule has 0 aliphatic carbocycles. The minimum atomic E-state index is -1.65. The van der Waals surface area contributed by atoms with Gasteiger partial charge in [-0.3, -0.25) is 0 Å². The Bertz CT molecular complexity index is 269. The van der Waals surface area contributed by atoms with Gasteiger partial charge in [-0.2, -0.15) is 0 Å². The first kappa shape index (κ1) is 17.0. The Kier molecular flexibility index (Phi) is 6.38. The highest BCUT2D eigenvalue weighted by Gasteiger charge is 2.46.